The van der Waals surface area contributed by atoms with Gasteiger partial charge in [-0.2, -0.15) is 0 Å². The molecule has 0 aliphatic carbocycles. The second-order valence-corrected chi connectivity index (χ2v) is 10.2. The number of urea groups is 1. The molecule has 0 aromatic heterocycles. The lowest BCUT2D eigenvalue weighted by molar-refractivity contribution is -0.0590. The number of nitrogens with two attached hydrogens (primary N) is 1. The normalized spacial score (nSPS) is 22.2. The molecule has 2 unspecified atom stereocenters. The quantitative estimate of drug-likeness (QED) is 0.491. The van der Waals surface area contributed by atoms with Gasteiger partial charge >= 0.3 is 6.03 Å². The Bertz CT molecular complexity index is 972. The molecular weight excluding hydrogens is 454 g/mol. The van der Waals surface area contributed by atoms with Crippen LogP contribution < -0.4 is 10.5 Å². The number of rotatable bonds is 9. The van der Waals surface area contributed by atoms with Gasteiger partial charge in [0.15, 0.2) is 0 Å². The standard InChI is InChI=1S/C29H41N3O4/c1-35-20-8-7-17-29(34,26-15-5-6-16-27(26)36-25-13-3-2-4-14-25)23-11-9-18-31(21-23)28(33)32-19-10-12-24(30)22-32/h2-6,13-16,23-24,34H,7-12,17-22,30H2,1H3/t23?,24?,29-/m0/s1. The van der Waals surface area contributed by atoms with Crippen LogP contribution in [0.4, 0.5) is 4.79 Å². The number of ether oxygens (including phenoxy) is 2. The maximum absolute atomic E-state index is 13.4. The highest BCUT2D eigenvalue weighted by molar-refractivity contribution is 5.74. The van der Waals surface area contributed by atoms with Gasteiger partial charge in [0.25, 0.3) is 0 Å². The predicted molar refractivity (Wildman–Crippen MR) is 141 cm³/mol. The summed E-state index contributed by atoms with van der Waals surface area (Å²) in [5.41, 5.74) is 5.80. The van der Waals surface area contributed by atoms with E-state index < -0.39 is 5.60 Å². The number of nitrogens with zero attached hydrogens (tertiary/aromatic N) is 2. The van der Waals surface area contributed by atoms with Crippen LogP contribution in [0.25, 0.3) is 0 Å². The smallest absolute Gasteiger partial charge is 0.320 e. The third kappa shape index (κ3) is 6.38. The summed E-state index contributed by atoms with van der Waals surface area (Å²) in [6, 6.07) is 17.5. The zero-order valence-corrected chi connectivity index (χ0v) is 21.5. The van der Waals surface area contributed by atoms with Crippen molar-refractivity contribution < 1.29 is 19.4 Å². The number of hydrogen-bond donors (Lipinski definition) is 2. The van der Waals surface area contributed by atoms with Crippen LogP contribution in [0, 0.1) is 5.92 Å². The average molecular weight is 496 g/mol. The molecule has 7 nitrogen and oxygen atoms in total. The van der Waals surface area contributed by atoms with E-state index in [4.69, 9.17) is 15.2 Å². The molecule has 4 rings (SSSR count). The van der Waals surface area contributed by atoms with Crippen LogP contribution in [-0.2, 0) is 10.3 Å². The highest BCUT2D eigenvalue weighted by Crippen LogP contribution is 2.44. The molecule has 2 heterocycles. The molecule has 3 atom stereocenters. The van der Waals surface area contributed by atoms with Gasteiger partial charge in [-0.05, 0) is 63.1 Å². The van der Waals surface area contributed by atoms with E-state index in [9.17, 15) is 9.90 Å². The number of para-hydroxylation sites is 2. The summed E-state index contributed by atoms with van der Waals surface area (Å²) in [5.74, 6) is 1.29. The zero-order valence-electron chi connectivity index (χ0n) is 21.5. The van der Waals surface area contributed by atoms with Crippen LogP contribution in [0.2, 0.25) is 0 Å². The van der Waals surface area contributed by atoms with E-state index in [2.05, 4.69) is 0 Å². The Balaban J connectivity index is 1.59. The number of amides is 2. The van der Waals surface area contributed by atoms with Gasteiger partial charge in [-0.25, -0.2) is 4.79 Å². The molecule has 7 heteroatoms. The highest BCUT2D eigenvalue weighted by Gasteiger charge is 2.43. The molecule has 2 saturated heterocycles. The summed E-state index contributed by atoms with van der Waals surface area (Å²) in [6.45, 7) is 3.24. The first kappa shape index (κ1) is 26.5. The van der Waals surface area contributed by atoms with E-state index >= 15 is 0 Å². The van der Waals surface area contributed by atoms with Crippen molar-refractivity contribution in [3.63, 3.8) is 0 Å². The molecular formula is C29H41N3O4. The van der Waals surface area contributed by atoms with Crippen molar-refractivity contribution in [1.29, 1.82) is 0 Å². The molecule has 2 aliphatic heterocycles. The Kier molecular flexibility index (Phi) is 9.24. The van der Waals surface area contributed by atoms with Crippen molar-refractivity contribution in [3.05, 3.63) is 60.2 Å². The fourth-order valence-corrected chi connectivity index (χ4v) is 5.65. The molecule has 0 bridgehead atoms. The first-order chi connectivity index (χ1) is 17.5. The number of aliphatic hydroxyl groups is 1. The van der Waals surface area contributed by atoms with Gasteiger partial charge in [-0.3, -0.25) is 0 Å². The maximum atomic E-state index is 13.4. The maximum Gasteiger partial charge on any atom is 0.320 e. The third-order valence-electron chi connectivity index (χ3n) is 7.58. The molecule has 3 N–H and O–H groups in total. The van der Waals surface area contributed by atoms with Crippen molar-refractivity contribution in [2.75, 3.05) is 39.9 Å². The topological polar surface area (TPSA) is 88.3 Å². The fraction of sp³-hybridized carbons (Fsp3) is 0.552. The van der Waals surface area contributed by atoms with E-state index in [0.29, 0.717) is 38.4 Å². The Hall–Kier alpha value is -2.61. The number of likely N-dealkylation sites (tertiary alicyclic amines) is 2. The monoisotopic (exact) mass is 495 g/mol. The van der Waals surface area contributed by atoms with Gasteiger partial charge in [0.05, 0.1) is 5.60 Å². The number of piperidine rings is 2. The molecule has 2 aliphatic rings. The SMILES string of the molecule is COCCCC[C@@](O)(c1ccccc1Oc1ccccc1)C1CCCN(C(=O)N2CCCC(N)C2)C1. The Labute approximate surface area is 215 Å². The largest absolute Gasteiger partial charge is 0.457 e. The number of carbonyl (C=O) groups is 1. The Morgan fingerprint density at radius 1 is 1.00 bits per heavy atom. The lowest BCUT2D eigenvalue weighted by Crippen LogP contribution is -2.55. The number of methoxy groups -OCH3 is 1. The predicted octanol–water partition coefficient (Wildman–Crippen LogP) is 4.74. The van der Waals surface area contributed by atoms with Gasteiger partial charge in [-0.15, -0.1) is 0 Å². The minimum Gasteiger partial charge on any atom is -0.457 e. The van der Waals surface area contributed by atoms with Gasteiger partial charge in [0, 0.05) is 57.4 Å². The molecule has 2 amide bonds. The molecule has 196 valence electrons. The van der Waals surface area contributed by atoms with Gasteiger partial charge in [0.1, 0.15) is 11.5 Å². The van der Waals surface area contributed by atoms with Crippen LogP contribution in [-0.4, -0.2) is 66.9 Å². The van der Waals surface area contributed by atoms with E-state index in [0.717, 1.165) is 56.4 Å². The average Bonchev–Trinajstić information content (AvgIpc) is 2.91. The van der Waals surface area contributed by atoms with Crippen LogP contribution in [0.15, 0.2) is 54.6 Å². The number of carbonyl (C=O) groups excluding carboxylic acids is 1. The lowest BCUT2D eigenvalue weighted by Gasteiger charge is -2.45. The highest BCUT2D eigenvalue weighted by atomic mass is 16.5. The van der Waals surface area contributed by atoms with E-state index in [1.165, 1.54) is 0 Å². The minimum atomic E-state index is -1.13. The molecule has 0 saturated carbocycles. The first-order valence-electron chi connectivity index (χ1n) is 13.3. The minimum absolute atomic E-state index is 0.0445. The fourth-order valence-electron chi connectivity index (χ4n) is 5.65. The molecule has 0 radical (unpaired) electrons. The van der Waals surface area contributed by atoms with Crippen LogP contribution in [0.5, 0.6) is 11.5 Å². The van der Waals surface area contributed by atoms with Crippen LogP contribution in [0.1, 0.15) is 50.5 Å². The van der Waals surface area contributed by atoms with Crippen LogP contribution >= 0.6 is 0 Å². The van der Waals surface area contributed by atoms with Crippen molar-refractivity contribution in [1.82, 2.24) is 9.80 Å². The molecule has 36 heavy (non-hydrogen) atoms. The summed E-state index contributed by atoms with van der Waals surface area (Å²) in [6.07, 6.45) is 5.87. The Morgan fingerprint density at radius 2 is 1.69 bits per heavy atom. The summed E-state index contributed by atoms with van der Waals surface area (Å²) >= 11 is 0. The van der Waals surface area contributed by atoms with E-state index in [-0.39, 0.29) is 18.0 Å². The van der Waals surface area contributed by atoms with Crippen molar-refractivity contribution in [2.45, 2.75) is 56.6 Å². The van der Waals surface area contributed by atoms with E-state index in [1.807, 2.05) is 64.4 Å². The zero-order chi connectivity index (χ0) is 25.4. The molecule has 0 spiro atoms. The second kappa shape index (κ2) is 12.6. The van der Waals surface area contributed by atoms with Gasteiger partial charge < -0.3 is 30.1 Å². The summed E-state index contributed by atoms with van der Waals surface area (Å²) < 4.78 is 11.5. The lowest BCUT2D eigenvalue weighted by atomic mass is 9.73. The molecule has 2 fully saturated rings. The molecule has 2 aromatic rings. The first-order valence-corrected chi connectivity index (χ1v) is 13.3. The Morgan fingerprint density at radius 3 is 2.44 bits per heavy atom. The van der Waals surface area contributed by atoms with Gasteiger partial charge in [-0.1, -0.05) is 36.4 Å². The van der Waals surface area contributed by atoms with Crippen molar-refractivity contribution >= 4 is 6.03 Å². The van der Waals surface area contributed by atoms with Crippen molar-refractivity contribution in [3.8, 4) is 11.5 Å². The van der Waals surface area contributed by atoms with Crippen molar-refractivity contribution in [2.24, 2.45) is 11.7 Å². The number of hydrogen-bond acceptors (Lipinski definition) is 5. The third-order valence-corrected chi connectivity index (χ3v) is 7.58. The van der Waals surface area contributed by atoms with Crippen LogP contribution in [0.3, 0.4) is 0 Å². The number of benzene rings is 2. The summed E-state index contributed by atoms with van der Waals surface area (Å²) in [5, 5.41) is 12.4. The summed E-state index contributed by atoms with van der Waals surface area (Å²) in [7, 11) is 1.70. The van der Waals surface area contributed by atoms with E-state index in [1.54, 1.807) is 7.11 Å². The second-order valence-electron chi connectivity index (χ2n) is 10.2. The molecule has 2 aromatic carbocycles. The summed E-state index contributed by atoms with van der Waals surface area (Å²) in [4.78, 5) is 17.2. The van der Waals surface area contributed by atoms with Gasteiger partial charge in [0.2, 0.25) is 0 Å². The number of unbranched alkanes of at least 4 members (excludes halogenated alkanes) is 1.